The highest BCUT2D eigenvalue weighted by molar-refractivity contribution is 14.0. The lowest BCUT2D eigenvalue weighted by Gasteiger charge is -2.15. The Hall–Kier alpha value is -1.72. The Balaban J connectivity index is 0.00000420. The molecule has 2 aromatic rings. The highest BCUT2D eigenvalue weighted by Gasteiger charge is 2.06. The van der Waals surface area contributed by atoms with E-state index < -0.39 is 0 Å². The van der Waals surface area contributed by atoms with Gasteiger partial charge in [0.1, 0.15) is 12.4 Å². The van der Waals surface area contributed by atoms with Crippen molar-refractivity contribution in [3.05, 3.63) is 47.5 Å². The van der Waals surface area contributed by atoms with E-state index in [4.69, 9.17) is 9.47 Å². The van der Waals surface area contributed by atoms with Crippen molar-refractivity contribution in [3.8, 4) is 0 Å². The number of benzene rings is 1. The molecule has 1 heterocycles. The van der Waals surface area contributed by atoms with Crippen molar-refractivity contribution in [3.63, 3.8) is 0 Å². The molecule has 0 radical (unpaired) electrons. The normalized spacial score (nSPS) is 12.3. The molecule has 29 heavy (non-hydrogen) atoms. The number of aryl methyl sites for hydroxylation is 1. The monoisotopic (exact) mass is 516 g/mol. The van der Waals surface area contributed by atoms with E-state index in [2.05, 4.69) is 44.9 Å². The molecule has 1 aromatic heterocycles. The summed E-state index contributed by atoms with van der Waals surface area (Å²) in [4.78, 5) is 4.60. The second kappa shape index (κ2) is 14.3. The van der Waals surface area contributed by atoms with E-state index in [0.29, 0.717) is 26.3 Å². The Kier molecular flexibility index (Phi) is 12.5. The maximum atomic E-state index is 5.91. The summed E-state index contributed by atoms with van der Waals surface area (Å²) in [6, 6.07) is 10.2. The van der Waals surface area contributed by atoms with Gasteiger partial charge in [-0.05, 0) is 25.8 Å². The van der Waals surface area contributed by atoms with Crippen LogP contribution in [0.15, 0.2) is 35.3 Å². The first-order valence-corrected chi connectivity index (χ1v) is 9.64. The summed E-state index contributed by atoms with van der Waals surface area (Å²) in [6.45, 7) is 7.19. The van der Waals surface area contributed by atoms with Crippen LogP contribution in [0, 0.1) is 6.92 Å². The van der Waals surface area contributed by atoms with Crippen molar-refractivity contribution >= 4 is 29.9 Å². The number of rotatable bonds is 11. The number of nitrogens with one attached hydrogen (secondary N) is 2. The van der Waals surface area contributed by atoms with Crippen LogP contribution >= 0.6 is 24.0 Å². The van der Waals surface area contributed by atoms with Crippen molar-refractivity contribution < 1.29 is 9.47 Å². The molecule has 1 atom stereocenters. The van der Waals surface area contributed by atoms with E-state index in [1.54, 1.807) is 7.11 Å². The molecule has 0 aliphatic carbocycles. The first-order chi connectivity index (χ1) is 13.6. The van der Waals surface area contributed by atoms with Crippen LogP contribution in [0.3, 0.4) is 0 Å². The molecule has 0 saturated heterocycles. The maximum Gasteiger partial charge on any atom is 0.191 e. The highest BCUT2D eigenvalue weighted by atomic mass is 127. The Morgan fingerprint density at radius 3 is 2.52 bits per heavy atom. The Morgan fingerprint density at radius 1 is 1.14 bits per heavy atom. The van der Waals surface area contributed by atoms with Crippen LogP contribution in [0.1, 0.15) is 36.7 Å². The van der Waals surface area contributed by atoms with Crippen molar-refractivity contribution in [1.82, 2.24) is 25.4 Å². The molecule has 0 aliphatic rings. The zero-order chi connectivity index (χ0) is 20.2. The minimum atomic E-state index is 0. The summed E-state index contributed by atoms with van der Waals surface area (Å²) in [5, 5.41) is 14.8. The lowest BCUT2D eigenvalue weighted by atomic mass is 10.1. The molecule has 2 N–H and O–H groups in total. The summed E-state index contributed by atoms with van der Waals surface area (Å²) in [5.74, 6) is 2.43. The number of aromatic nitrogens is 3. The predicted molar refractivity (Wildman–Crippen MR) is 126 cm³/mol. The topological polar surface area (TPSA) is 85.6 Å². The van der Waals surface area contributed by atoms with Gasteiger partial charge in [-0.15, -0.1) is 34.2 Å². The van der Waals surface area contributed by atoms with Crippen LogP contribution in [-0.4, -0.2) is 54.1 Å². The zero-order valence-electron chi connectivity index (χ0n) is 17.7. The SMILES string of the molecule is COCCNC(=NCc1nnc(C)n1C)NCCCOC(C)c1ccccc1.I. The number of nitrogens with zero attached hydrogens (tertiary/aromatic N) is 4. The first kappa shape index (κ1) is 25.3. The van der Waals surface area contributed by atoms with Crippen molar-refractivity contribution in [2.24, 2.45) is 12.0 Å². The van der Waals surface area contributed by atoms with E-state index >= 15 is 0 Å². The van der Waals surface area contributed by atoms with Gasteiger partial charge in [0.2, 0.25) is 0 Å². The van der Waals surface area contributed by atoms with Gasteiger partial charge in [-0.25, -0.2) is 4.99 Å². The largest absolute Gasteiger partial charge is 0.383 e. The quantitative estimate of drug-likeness (QED) is 0.207. The number of hydrogen-bond acceptors (Lipinski definition) is 5. The number of aliphatic imine (C=N–C) groups is 1. The van der Waals surface area contributed by atoms with Gasteiger partial charge in [0.05, 0.1) is 12.7 Å². The second-order valence-corrected chi connectivity index (χ2v) is 6.51. The molecule has 0 saturated carbocycles. The van der Waals surface area contributed by atoms with Crippen LogP contribution in [-0.2, 0) is 23.1 Å². The summed E-state index contributed by atoms with van der Waals surface area (Å²) >= 11 is 0. The van der Waals surface area contributed by atoms with E-state index in [1.165, 1.54) is 5.56 Å². The van der Waals surface area contributed by atoms with Gasteiger partial charge in [0.25, 0.3) is 0 Å². The van der Waals surface area contributed by atoms with Crippen LogP contribution in [0.2, 0.25) is 0 Å². The maximum absolute atomic E-state index is 5.91. The fourth-order valence-electron chi connectivity index (χ4n) is 2.54. The summed E-state index contributed by atoms with van der Waals surface area (Å²) in [7, 11) is 3.62. The first-order valence-electron chi connectivity index (χ1n) is 9.64. The number of hydrogen-bond donors (Lipinski definition) is 2. The van der Waals surface area contributed by atoms with Crippen LogP contribution in [0.4, 0.5) is 0 Å². The summed E-state index contributed by atoms with van der Waals surface area (Å²) in [6.07, 6.45) is 0.971. The van der Waals surface area contributed by atoms with Crippen LogP contribution in [0.25, 0.3) is 0 Å². The lowest BCUT2D eigenvalue weighted by Crippen LogP contribution is -2.39. The Labute approximate surface area is 190 Å². The standard InChI is InChI=1S/C20H32N6O2.HI/c1-16(18-9-6-5-7-10-18)28-13-8-11-21-20(22-12-14-27-4)23-15-19-25-24-17(2)26(19)3;/h5-7,9-10,16H,8,11-15H2,1-4H3,(H2,21,22,23);1H. The number of halogens is 1. The van der Waals surface area contributed by atoms with Crippen LogP contribution in [0.5, 0.6) is 0 Å². The molecule has 0 aliphatic heterocycles. The van der Waals surface area contributed by atoms with Gasteiger partial charge in [-0.3, -0.25) is 0 Å². The third kappa shape index (κ3) is 9.09. The van der Waals surface area contributed by atoms with Crippen molar-refractivity contribution in [1.29, 1.82) is 0 Å². The second-order valence-electron chi connectivity index (χ2n) is 6.51. The van der Waals surface area contributed by atoms with Crippen molar-refractivity contribution in [2.45, 2.75) is 32.9 Å². The average molecular weight is 516 g/mol. The molecular formula is C20H33IN6O2. The minimum Gasteiger partial charge on any atom is -0.383 e. The van der Waals surface area contributed by atoms with Crippen molar-refractivity contribution in [2.75, 3.05) is 33.4 Å². The smallest absolute Gasteiger partial charge is 0.191 e. The van der Waals surface area contributed by atoms with E-state index in [0.717, 1.165) is 30.6 Å². The van der Waals surface area contributed by atoms with Gasteiger partial charge in [0.15, 0.2) is 11.8 Å². The van der Waals surface area contributed by atoms with E-state index in [1.807, 2.05) is 36.7 Å². The molecule has 162 valence electrons. The number of guanidine groups is 1. The molecular weight excluding hydrogens is 483 g/mol. The van der Waals surface area contributed by atoms with Gasteiger partial charge in [-0.1, -0.05) is 30.3 Å². The molecule has 8 nitrogen and oxygen atoms in total. The number of methoxy groups -OCH3 is 1. The van der Waals surface area contributed by atoms with E-state index in [9.17, 15) is 0 Å². The number of ether oxygens (including phenoxy) is 2. The van der Waals surface area contributed by atoms with Gasteiger partial charge in [0, 0.05) is 33.9 Å². The highest BCUT2D eigenvalue weighted by Crippen LogP contribution is 2.15. The molecule has 0 fully saturated rings. The molecule has 9 heteroatoms. The third-order valence-electron chi connectivity index (χ3n) is 4.41. The molecule has 0 bridgehead atoms. The molecule has 1 aromatic carbocycles. The predicted octanol–water partition coefficient (Wildman–Crippen LogP) is 2.59. The zero-order valence-corrected chi connectivity index (χ0v) is 20.1. The van der Waals surface area contributed by atoms with Crippen LogP contribution < -0.4 is 10.6 Å². The Bertz CT molecular complexity index is 723. The average Bonchev–Trinajstić information content (AvgIpc) is 3.04. The fourth-order valence-corrected chi connectivity index (χ4v) is 2.54. The summed E-state index contributed by atoms with van der Waals surface area (Å²) < 4.78 is 13.0. The Morgan fingerprint density at radius 2 is 1.86 bits per heavy atom. The minimum absolute atomic E-state index is 0. The fraction of sp³-hybridized carbons (Fsp3) is 0.550. The summed E-state index contributed by atoms with van der Waals surface area (Å²) in [5.41, 5.74) is 1.19. The molecule has 1 unspecified atom stereocenters. The van der Waals surface area contributed by atoms with Gasteiger partial charge >= 0.3 is 0 Å². The van der Waals surface area contributed by atoms with Gasteiger partial charge in [-0.2, -0.15) is 0 Å². The molecule has 2 rings (SSSR count). The molecule has 0 spiro atoms. The van der Waals surface area contributed by atoms with Gasteiger partial charge < -0.3 is 24.7 Å². The third-order valence-corrected chi connectivity index (χ3v) is 4.41. The lowest BCUT2D eigenvalue weighted by molar-refractivity contribution is 0.0646. The molecule has 0 amide bonds. The van der Waals surface area contributed by atoms with E-state index in [-0.39, 0.29) is 30.1 Å².